The minimum Gasteiger partial charge on any atom is -0.463 e. The summed E-state index contributed by atoms with van der Waals surface area (Å²) in [5.74, 6) is 0.869. The molecule has 1 aliphatic rings. The van der Waals surface area contributed by atoms with Crippen LogP contribution in [0.25, 0.3) is 5.69 Å². The molecule has 1 saturated heterocycles. The van der Waals surface area contributed by atoms with E-state index in [0.717, 1.165) is 37.6 Å². The van der Waals surface area contributed by atoms with E-state index in [-0.39, 0.29) is 18.0 Å². The Bertz CT molecular complexity index is 671. The molecule has 3 rings (SSSR count). The number of aromatic nitrogens is 4. The van der Waals surface area contributed by atoms with Crippen LogP contribution in [-0.2, 0) is 9.53 Å². The zero-order valence-electron chi connectivity index (χ0n) is 14.1. The molecule has 1 aromatic heterocycles. The van der Waals surface area contributed by atoms with Gasteiger partial charge in [-0.25, -0.2) is 0 Å². The third kappa shape index (κ3) is 3.90. The van der Waals surface area contributed by atoms with E-state index in [9.17, 15) is 4.79 Å². The van der Waals surface area contributed by atoms with Gasteiger partial charge in [-0.15, -0.1) is 0 Å². The van der Waals surface area contributed by atoms with Crippen molar-refractivity contribution in [1.82, 2.24) is 20.2 Å². The maximum Gasteiger partial charge on any atom is 0.306 e. The van der Waals surface area contributed by atoms with Gasteiger partial charge in [-0.1, -0.05) is 23.3 Å². The quantitative estimate of drug-likeness (QED) is 0.783. The molecule has 1 aliphatic heterocycles. The second-order valence-corrected chi connectivity index (χ2v) is 6.42. The molecule has 2 aromatic rings. The molecule has 0 amide bonds. The molecule has 0 bridgehead atoms. The van der Waals surface area contributed by atoms with Gasteiger partial charge >= 0.3 is 5.97 Å². The van der Waals surface area contributed by atoms with Gasteiger partial charge in [0.25, 0.3) is 0 Å². The number of esters is 1. The monoisotopic (exact) mass is 329 g/mol. The Hall–Kier alpha value is -2.44. The Labute approximate surface area is 141 Å². The summed E-state index contributed by atoms with van der Waals surface area (Å²) in [6.45, 7) is 5.40. The topological polar surface area (TPSA) is 73.1 Å². The van der Waals surface area contributed by atoms with Crippen molar-refractivity contribution in [2.45, 2.75) is 39.2 Å². The number of tetrazole rings is 1. The van der Waals surface area contributed by atoms with Crippen molar-refractivity contribution >= 4 is 11.9 Å². The molecule has 0 saturated carbocycles. The molecule has 7 nitrogen and oxygen atoms in total. The first-order valence-electron chi connectivity index (χ1n) is 8.41. The average molecular weight is 329 g/mol. The Morgan fingerprint density at radius 3 is 2.88 bits per heavy atom. The summed E-state index contributed by atoms with van der Waals surface area (Å²) in [5, 5.41) is 12.1. The molecular formula is C17H23N5O2. The molecule has 1 aromatic carbocycles. The summed E-state index contributed by atoms with van der Waals surface area (Å²) in [6.07, 6.45) is 2.42. The van der Waals surface area contributed by atoms with E-state index >= 15 is 0 Å². The molecule has 0 N–H and O–H groups in total. The molecule has 0 radical (unpaired) electrons. The van der Waals surface area contributed by atoms with Crippen molar-refractivity contribution in [3.05, 3.63) is 30.3 Å². The lowest BCUT2D eigenvalue weighted by molar-refractivity contribution is -0.148. The number of nitrogens with zero attached hydrogens (tertiary/aromatic N) is 5. The van der Waals surface area contributed by atoms with Crippen LogP contribution in [0.5, 0.6) is 0 Å². The number of para-hydroxylation sites is 1. The standard InChI is InChI=1S/C17H23N5O2/c1-13(2)24-16(23)11-14-7-6-10-21(12-14)17-18-19-20-22(17)15-8-4-3-5-9-15/h3-5,8-9,13-14H,6-7,10-12H2,1-2H3. The highest BCUT2D eigenvalue weighted by Crippen LogP contribution is 2.25. The molecule has 0 spiro atoms. The Kier molecular flexibility index (Phi) is 5.08. The maximum atomic E-state index is 11.9. The third-order valence-corrected chi connectivity index (χ3v) is 4.08. The maximum absolute atomic E-state index is 11.9. The molecule has 1 atom stereocenters. The van der Waals surface area contributed by atoms with Crippen LogP contribution in [0.15, 0.2) is 30.3 Å². The molecule has 128 valence electrons. The number of anilines is 1. The summed E-state index contributed by atoms with van der Waals surface area (Å²) in [5.41, 5.74) is 0.929. The van der Waals surface area contributed by atoms with E-state index in [1.807, 2.05) is 44.2 Å². The second-order valence-electron chi connectivity index (χ2n) is 6.42. The second kappa shape index (κ2) is 7.42. The largest absolute Gasteiger partial charge is 0.463 e. The first kappa shape index (κ1) is 16.4. The fraction of sp³-hybridized carbons (Fsp3) is 0.529. The van der Waals surface area contributed by atoms with Crippen molar-refractivity contribution in [2.75, 3.05) is 18.0 Å². The van der Waals surface area contributed by atoms with Gasteiger partial charge in [0.2, 0.25) is 5.95 Å². The van der Waals surface area contributed by atoms with Crippen molar-refractivity contribution < 1.29 is 9.53 Å². The molecule has 7 heteroatoms. The fourth-order valence-electron chi connectivity index (χ4n) is 3.08. The van der Waals surface area contributed by atoms with E-state index in [1.165, 1.54) is 0 Å². The smallest absolute Gasteiger partial charge is 0.306 e. The zero-order valence-corrected chi connectivity index (χ0v) is 14.1. The van der Waals surface area contributed by atoms with Crippen LogP contribution in [-0.4, -0.2) is 45.4 Å². The summed E-state index contributed by atoms with van der Waals surface area (Å²) in [7, 11) is 0. The van der Waals surface area contributed by atoms with Crippen molar-refractivity contribution in [1.29, 1.82) is 0 Å². The van der Waals surface area contributed by atoms with Crippen LogP contribution in [0.2, 0.25) is 0 Å². The lowest BCUT2D eigenvalue weighted by Gasteiger charge is -2.32. The molecule has 0 aliphatic carbocycles. The number of benzene rings is 1. The highest BCUT2D eigenvalue weighted by Gasteiger charge is 2.26. The Morgan fingerprint density at radius 2 is 2.12 bits per heavy atom. The highest BCUT2D eigenvalue weighted by molar-refractivity contribution is 5.70. The van der Waals surface area contributed by atoms with E-state index in [1.54, 1.807) is 4.68 Å². The molecular weight excluding hydrogens is 306 g/mol. The predicted octanol–water partition coefficient (Wildman–Crippen LogP) is 2.22. The van der Waals surface area contributed by atoms with Crippen molar-refractivity contribution in [3.8, 4) is 5.69 Å². The lowest BCUT2D eigenvalue weighted by Crippen LogP contribution is -2.38. The number of rotatable bonds is 5. The van der Waals surface area contributed by atoms with Crippen molar-refractivity contribution in [3.63, 3.8) is 0 Å². The zero-order chi connectivity index (χ0) is 16.9. The first-order chi connectivity index (χ1) is 11.6. The number of piperidine rings is 1. The minimum atomic E-state index is -0.125. The number of ether oxygens (including phenoxy) is 1. The van der Waals surface area contributed by atoms with Crippen LogP contribution < -0.4 is 4.90 Å². The Balaban J connectivity index is 1.70. The fourth-order valence-corrected chi connectivity index (χ4v) is 3.08. The lowest BCUT2D eigenvalue weighted by atomic mass is 9.95. The molecule has 2 heterocycles. The third-order valence-electron chi connectivity index (χ3n) is 4.08. The molecule has 24 heavy (non-hydrogen) atoms. The van der Waals surface area contributed by atoms with Crippen LogP contribution in [0.1, 0.15) is 33.1 Å². The average Bonchev–Trinajstić information content (AvgIpc) is 3.04. The number of carbonyl (C=O) groups is 1. The summed E-state index contributed by atoms with van der Waals surface area (Å²) >= 11 is 0. The van der Waals surface area contributed by atoms with Gasteiger partial charge in [0.15, 0.2) is 0 Å². The highest BCUT2D eigenvalue weighted by atomic mass is 16.5. The van der Waals surface area contributed by atoms with Gasteiger partial charge < -0.3 is 9.64 Å². The summed E-state index contributed by atoms with van der Waals surface area (Å²) in [6, 6.07) is 9.83. The molecule has 1 unspecified atom stereocenters. The van der Waals surface area contributed by atoms with E-state index in [4.69, 9.17) is 4.74 Å². The summed E-state index contributed by atoms with van der Waals surface area (Å²) in [4.78, 5) is 14.1. The SMILES string of the molecule is CC(C)OC(=O)CC1CCCN(c2nnnn2-c2ccccc2)C1. The van der Waals surface area contributed by atoms with Gasteiger partial charge in [-0.2, -0.15) is 4.68 Å². The van der Waals surface area contributed by atoms with Gasteiger partial charge in [-0.05, 0) is 55.2 Å². The number of carbonyl (C=O) groups excluding carboxylic acids is 1. The predicted molar refractivity (Wildman–Crippen MR) is 89.9 cm³/mol. The minimum absolute atomic E-state index is 0.0671. The van der Waals surface area contributed by atoms with Gasteiger partial charge in [0.1, 0.15) is 0 Å². The normalized spacial score (nSPS) is 18.0. The van der Waals surface area contributed by atoms with Crippen LogP contribution in [0.3, 0.4) is 0 Å². The Morgan fingerprint density at radius 1 is 1.33 bits per heavy atom. The van der Waals surface area contributed by atoms with E-state index in [2.05, 4.69) is 20.4 Å². The number of hydrogen-bond acceptors (Lipinski definition) is 6. The van der Waals surface area contributed by atoms with Crippen LogP contribution in [0, 0.1) is 5.92 Å². The van der Waals surface area contributed by atoms with Gasteiger partial charge in [-0.3, -0.25) is 4.79 Å². The van der Waals surface area contributed by atoms with Crippen LogP contribution in [0.4, 0.5) is 5.95 Å². The van der Waals surface area contributed by atoms with Crippen molar-refractivity contribution in [2.24, 2.45) is 5.92 Å². The first-order valence-corrected chi connectivity index (χ1v) is 8.41. The van der Waals surface area contributed by atoms with Gasteiger partial charge in [0.05, 0.1) is 18.2 Å². The van der Waals surface area contributed by atoms with E-state index < -0.39 is 0 Å². The van der Waals surface area contributed by atoms with Gasteiger partial charge in [0, 0.05) is 13.1 Å². The van der Waals surface area contributed by atoms with Crippen LogP contribution >= 0.6 is 0 Å². The number of hydrogen-bond donors (Lipinski definition) is 0. The van der Waals surface area contributed by atoms with E-state index in [0.29, 0.717) is 6.42 Å². The molecule has 1 fully saturated rings. The summed E-state index contributed by atoms with van der Waals surface area (Å²) < 4.78 is 7.01.